The second-order valence-corrected chi connectivity index (χ2v) is 12.7. The summed E-state index contributed by atoms with van der Waals surface area (Å²) < 4.78 is 46.2. The summed E-state index contributed by atoms with van der Waals surface area (Å²) in [7, 11) is -4.00. The van der Waals surface area contributed by atoms with Gasteiger partial charge in [-0.05, 0) is 81.3 Å². The minimum atomic E-state index is -4.00. The molecule has 218 valence electrons. The summed E-state index contributed by atoms with van der Waals surface area (Å²) in [5.41, 5.74) is 1.18. The Morgan fingerprint density at radius 3 is 2.22 bits per heavy atom. The number of phenolic OH excluding ortho intramolecular Hbond substituents is 1. The number of nitrogens with one attached hydrogen (secondary N) is 2. The minimum Gasteiger partial charge on any atom is -0.506 e. The molecule has 41 heavy (non-hydrogen) atoms. The van der Waals surface area contributed by atoms with Crippen LogP contribution in [-0.4, -0.2) is 36.7 Å². The van der Waals surface area contributed by atoms with Gasteiger partial charge >= 0.3 is 0 Å². The number of carbonyl (C=O) groups excluding carboxylic acids is 2. The number of hydrogen-bond acceptors (Lipinski definition) is 6. The molecule has 0 spiro atoms. The van der Waals surface area contributed by atoms with Crippen LogP contribution in [0.4, 0.5) is 15.8 Å². The van der Waals surface area contributed by atoms with E-state index in [2.05, 4.69) is 17.6 Å². The largest absolute Gasteiger partial charge is 0.506 e. The molecule has 1 aliphatic rings. The van der Waals surface area contributed by atoms with E-state index in [9.17, 15) is 27.5 Å². The molecule has 4 rings (SSSR count). The molecule has 0 radical (unpaired) electrons. The van der Waals surface area contributed by atoms with Gasteiger partial charge in [0.05, 0.1) is 22.4 Å². The number of halogens is 1. The highest BCUT2D eigenvalue weighted by Gasteiger charge is 2.33. The van der Waals surface area contributed by atoms with E-state index in [1.165, 1.54) is 36.4 Å². The van der Waals surface area contributed by atoms with E-state index in [4.69, 9.17) is 4.74 Å². The first-order valence-corrected chi connectivity index (χ1v) is 15.2. The van der Waals surface area contributed by atoms with Gasteiger partial charge in [-0.2, -0.15) is 0 Å². The van der Waals surface area contributed by atoms with Gasteiger partial charge in [-0.15, -0.1) is 0 Å². The Morgan fingerprint density at radius 2 is 1.61 bits per heavy atom. The molecule has 8 nitrogen and oxygen atoms in total. The fourth-order valence-corrected chi connectivity index (χ4v) is 6.46. The van der Waals surface area contributed by atoms with Crippen LogP contribution in [0.5, 0.6) is 11.5 Å². The lowest BCUT2D eigenvalue weighted by Crippen LogP contribution is -2.35. The number of anilines is 2. The van der Waals surface area contributed by atoms with Gasteiger partial charge in [-0.1, -0.05) is 31.5 Å². The summed E-state index contributed by atoms with van der Waals surface area (Å²) in [6.07, 6.45) is 3.36. The number of amides is 2. The fourth-order valence-electron chi connectivity index (χ4n) is 4.84. The Bertz CT molecular complexity index is 1500. The van der Waals surface area contributed by atoms with Crippen LogP contribution < -0.4 is 15.4 Å². The van der Waals surface area contributed by atoms with Crippen LogP contribution in [0.1, 0.15) is 61.9 Å². The number of ether oxygens (including phenoxy) is 1. The van der Waals surface area contributed by atoms with Crippen molar-refractivity contribution in [3.05, 3.63) is 77.6 Å². The molecule has 3 aromatic rings. The number of hydrogen-bond donors (Lipinski definition) is 3. The zero-order valence-electron chi connectivity index (χ0n) is 23.3. The van der Waals surface area contributed by atoms with Gasteiger partial charge in [-0.3, -0.25) is 9.59 Å². The third-order valence-corrected chi connectivity index (χ3v) is 9.58. The van der Waals surface area contributed by atoms with Crippen LogP contribution in [-0.2, 0) is 14.6 Å². The molecular weight excluding hydrogens is 547 g/mol. The molecule has 1 unspecified atom stereocenters. The van der Waals surface area contributed by atoms with Crippen molar-refractivity contribution in [1.29, 1.82) is 0 Å². The molecule has 3 aromatic carbocycles. The van der Waals surface area contributed by atoms with E-state index in [-0.39, 0.29) is 45.9 Å². The van der Waals surface area contributed by atoms with Crippen molar-refractivity contribution in [1.82, 2.24) is 0 Å². The zero-order chi connectivity index (χ0) is 29.7. The van der Waals surface area contributed by atoms with Crippen molar-refractivity contribution in [2.75, 3.05) is 10.6 Å². The van der Waals surface area contributed by atoms with Crippen molar-refractivity contribution in [3.8, 4) is 11.5 Å². The van der Waals surface area contributed by atoms with E-state index in [0.717, 1.165) is 43.4 Å². The van der Waals surface area contributed by atoms with Crippen molar-refractivity contribution < 1.29 is 32.2 Å². The van der Waals surface area contributed by atoms with Gasteiger partial charge in [0, 0.05) is 17.7 Å². The van der Waals surface area contributed by atoms with Crippen LogP contribution >= 0.6 is 0 Å². The Hall–Kier alpha value is -3.92. The standard InChI is InChI=1S/C31H35FN2O6S/c1-4-29(41(38,39)24-15-7-20(3)8-16-24)31(37)34-26-17-27(35)25(33-30(36)21-9-11-22(32)12-10-21)18-28(26)40-23-13-5-19(2)6-14-23/h7-12,15-19,23,29,35H,4-6,13-14H2,1-3H3,(H,33,36)(H,34,37). The van der Waals surface area contributed by atoms with E-state index in [1.54, 1.807) is 19.1 Å². The van der Waals surface area contributed by atoms with Crippen molar-refractivity contribution >= 4 is 33.0 Å². The molecule has 1 saturated carbocycles. The number of aryl methyl sites for hydroxylation is 1. The summed E-state index contributed by atoms with van der Waals surface area (Å²) in [6.45, 7) is 5.63. The predicted octanol–water partition coefficient (Wildman–Crippen LogP) is 6.24. The number of phenols is 1. The first kappa shape index (κ1) is 30.0. The average Bonchev–Trinajstić information content (AvgIpc) is 2.93. The lowest BCUT2D eigenvalue weighted by molar-refractivity contribution is -0.115. The fraction of sp³-hybridized carbons (Fsp3) is 0.355. The van der Waals surface area contributed by atoms with Gasteiger partial charge in [-0.25, -0.2) is 12.8 Å². The summed E-state index contributed by atoms with van der Waals surface area (Å²) in [5, 5.41) is 14.6. The van der Waals surface area contributed by atoms with Crippen LogP contribution in [0, 0.1) is 18.7 Å². The lowest BCUT2D eigenvalue weighted by atomic mass is 9.89. The van der Waals surface area contributed by atoms with Crippen molar-refractivity contribution in [2.45, 2.75) is 69.1 Å². The first-order valence-electron chi connectivity index (χ1n) is 13.7. The molecule has 3 N–H and O–H groups in total. The molecule has 0 saturated heterocycles. The quantitative estimate of drug-likeness (QED) is 0.257. The van der Waals surface area contributed by atoms with Gasteiger partial charge in [0.2, 0.25) is 5.91 Å². The Balaban J connectivity index is 1.63. The number of benzene rings is 3. The van der Waals surface area contributed by atoms with Crippen LogP contribution in [0.2, 0.25) is 0 Å². The number of aromatic hydroxyl groups is 1. The Morgan fingerprint density at radius 1 is 0.976 bits per heavy atom. The number of sulfone groups is 1. The molecule has 0 heterocycles. The maximum atomic E-state index is 13.4. The third kappa shape index (κ3) is 7.24. The molecule has 0 aliphatic heterocycles. The van der Waals surface area contributed by atoms with E-state index in [1.807, 2.05) is 6.92 Å². The van der Waals surface area contributed by atoms with Crippen LogP contribution in [0.15, 0.2) is 65.6 Å². The lowest BCUT2D eigenvalue weighted by Gasteiger charge is -2.28. The van der Waals surface area contributed by atoms with Gasteiger partial charge < -0.3 is 20.5 Å². The maximum Gasteiger partial charge on any atom is 0.255 e. The van der Waals surface area contributed by atoms with Crippen LogP contribution in [0.25, 0.3) is 0 Å². The highest BCUT2D eigenvalue weighted by Crippen LogP contribution is 2.39. The molecule has 1 fully saturated rings. The second-order valence-electron chi connectivity index (χ2n) is 10.6. The first-order chi connectivity index (χ1) is 19.5. The summed E-state index contributed by atoms with van der Waals surface area (Å²) >= 11 is 0. The van der Waals surface area contributed by atoms with Gasteiger partial charge in [0.15, 0.2) is 9.84 Å². The van der Waals surface area contributed by atoms with Gasteiger partial charge in [0.25, 0.3) is 5.91 Å². The summed E-state index contributed by atoms with van der Waals surface area (Å²) in [6, 6.07) is 13.9. The molecular formula is C31H35FN2O6S. The van der Waals surface area contributed by atoms with E-state index < -0.39 is 32.7 Å². The zero-order valence-corrected chi connectivity index (χ0v) is 24.1. The minimum absolute atomic E-state index is 0.0239. The maximum absolute atomic E-state index is 13.4. The predicted molar refractivity (Wildman–Crippen MR) is 156 cm³/mol. The smallest absolute Gasteiger partial charge is 0.255 e. The van der Waals surface area contributed by atoms with Crippen molar-refractivity contribution in [2.24, 2.45) is 5.92 Å². The SMILES string of the molecule is CCC(C(=O)Nc1cc(O)c(NC(=O)c2ccc(F)cc2)cc1OC1CCC(C)CC1)S(=O)(=O)c1ccc(C)cc1. The number of rotatable bonds is 9. The average molecular weight is 583 g/mol. The normalized spacial score (nSPS) is 17.9. The van der Waals surface area contributed by atoms with Crippen molar-refractivity contribution in [3.63, 3.8) is 0 Å². The molecule has 0 aromatic heterocycles. The molecule has 10 heteroatoms. The third-order valence-electron chi connectivity index (χ3n) is 7.35. The Kier molecular flexibility index (Phi) is 9.32. The van der Waals surface area contributed by atoms with Crippen LogP contribution in [0.3, 0.4) is 0 Å². The molecule has 1 atom stereocenters. The molecule has 0 bridgehead atoms. The summed E-state index contributed by atoms with van der Waals surface area (Å²) in [5.74, 6) is -1.45. The second kappa shape index (κ2) is 12.7. The van der Waals surface area contributed by atoms with E-state index >= 15 is 0 Å². The number of carbonyl (C=O) groups is 2. The highest BCUT2D eigenvalue weighted by molar-refractivity contribution is 7.92. The van der Waals surface area contributed by atoms with Gasteiger partial charge in [0.1, 0.15) is 22.6 Å². The monoisotopic (exact) mass is 582 g/mol. The topological polar surface area (TPSA) is 122 Å². The van der Waals surface area contributed by atoms with E-state index in [0.29, 0.717) is 5.92 Å². The molecule has 1 aliphatic carbocycles. The highest BCUT2D eigenvalue weighted by atomic mass is 32.2. The Labute approximate surface area is 239 Å². The summed E-state index contributed by atoms with van der Waals surface area (Å²) in [4.78, 5) is 26.2. The molecule has 2 amide bonds.